The number of benzene rings is 2. The van der Waals surface area contributed by atoms with Crippen molar-refractivity contribution in [3.05, 3.63) is 35.9 Å². The zero-order valence-electron chi connectivity index (χ0n) is 22.0. The number of thiazole rings is 1. The van der Waals surface area contributed by atoms with Crippen LogP contribution < -0.4 is 20.7 Å². The molecular formula is C28H31F2N7OS. The lowest BCUT2D eigenvalue weighted by molar-refractivity contribution is 0.183. The quantitative estimate of drug-likeness (QED) is 0.349. The molecule has 2 saturated heterocycles. The normalized spacial score (nSPS) is 21.8. The second-order valence-corrected chi connectivity index (χ2v) is 12.6. The largest absolute Gasteiger partial charge is 0.463 e. The van der Waals surface area contributed by atoms with Crippen LogP contribution in [0, 0.1) is 17.0 Å². The second kappa shape index (κ2) is 9.21. The predicted molar refractivity (Wildman–Crippen MR) is 150 cm³/mol. The summed E-state index contributed by atoms with van der Waals surface area (Å²) in [5.41, 5.74) is 7.27. The van der Waals surface area contributed by atoms with Gasteiger partial charge in [0.2, 0.25) is 0 Å². The summed E-state index contributed by atoms with van der Waals surface area (Å²) in [6.07, 6.45) is 4.41. The Morgan fingerprint density at radius 1 is 1.05 bits per heavy atom. The van der Waals surface area contributed by atoms with Crippen molar-refractivity contribution >= 4 is 43.4 Å². The van der Waals surface area contributed by atoms with Crippen LogP contribution in [0.5, 0.6) is 6.01 Å². The van der Waals surface area contributed by atoms with Gasteiger partial charge in [-0.05, 0) is 58.0 Å². The van der Waals surface area contributed by atoms with Gasteiger partial charge in [-0.1, -0.05) is 17.4 Å². The number of nitrogens with one attached hydrogen (secondary N) is 1. The van der Waals surface area contributed by atoms with Crippen molar-refractivity contribution in [1.82, 2.24) is 25.2 Å². The number of nitrogens with two attached hydrogens (primary N) is 1. The van der Waals surface area contributed by atoms with E-state index in [2.05, 4.69) is 39.2 Å². The summed E-state index contributed by atoms with van der Waals surface area (Å²) in [7, 11) is 4.12. The maximum atomic E-state index is 16.4. The van der Waals surface area contributed by atoms with Crippen LogP contribution >= 0.6 is 11.3 Å². The number of rotatable bonds is 7. The SMILES string of the molecule is CN(C)CC1(COc2nc(N3CC4CCC(C3)N4)c3ccc(-c4ccc(F)c5sc(N)nc45)c(F)c3n2)CC1. The first-order valence-electron chi connectivity index (χ1n) is 13.4. The van der Waals surface area contributed by atoms with E-state index in [0.717, 1.165) is 56.7 Å². The minimum absolute atomic E-state index is 0.0841. The van der Waals surface area contributed by atoms with E-state index in [1.165, 1.54) is 6.07 Å². The van der Waals surface area contributed by atoms with Gasteiger partial charge in [-0.2, -0.15) is 9.97 Å². The van der Waals surface area contributed by atoms with E-state index < -0.39 is 11.6 Å². The molecule has 8 nitrogen and oxygen atoms in total. The highest BCUT2D eigenvalue weighted by Gasteiger charge is 2.44. The summed E-state index contributed by atoms with van der Waals surface area (Å²) >= 11 is 1.05. The lowest BCUT2D eigenvalue weighted by atomic mass is 10.0. The zero-order valence-corrected chi connectivity index (χ0v) is 22.8. The fourth-order valence-corrected chi connectivity index (χ4v) is 7.00. The molecule has 2 aliphatic heterocycles. The summed E-state index contributed by atoms with van der Waals surface area (Å²) in [6, 6.07) is 7.41. The molecule has 2 aromatic heterocycles. The van der Waals surface area contributed by atoms with Crippen molar-refractivity contribution in [2.45, 2.75) is 37.8 Å². The smallest absolute Gasteiger partial charge is 0.319 e. The van der Waals surface area contributed by atoms with Crippen LogP contribution in [0.15, 0.2) is 24.3 Å². The van der Waals surface area contributed by atoms with Gasteiger partial charge in [-0.3, -0.25) is 0 Å². The number of hydrogen-bond acceptors (Lipinski definition) is 9. The molecule has 204 valence electrons. The van der Waals surface area contributed by atoms with Gasteiger partial charge < -0.3 is 25.6 Å². The number of piperazine rings is 1. The predicted octanol–water partition coefficient (Wildman–Crippen LogP) is 4.43. The van der Waals surface area contributed by atoms with Crippen LogP contribution in [0.1, 0.15) is 25.7 Å². The third-order valence-corrected chi connectivity index (χ3v) is 9.09. The van der Waals surface area contributed by atoms with Crippen LogP contribution in [0.25, 0.3) is 32.2 Å². The van der Waals surface area contributed by atoms with Crippen LogP contribution in [0.3, 0.4) is 0 Å². The molecule has 2 unspecified atom stereocenters. The molecule has 0 radical (unpaired) electrons. The van der Waals surface area contributed by atoms with Gasteiger partial charge in [0.25, 0.3) is 0 Å². The minimum Gasteiger partial charge on any atom is -0.463 e. The van der Waals surface area contributed by atoms with Crippen LogP contribution in [-0.4, -0.2) is 72.3 Å². The fourth-order valence-electron chi connectivity index (χ4n) is 6.23. The molecular weight excluding hydrogens is 520 g/mol. The summed E-state index contributed by atoms with van der Waals surface area (Å²) < 4.78 is 37.4. The summed E-state index contributed by atoms with van der Waals surface area (Å²) in [4.78, 5) is 18.2. The topological polar surface area (TPSA) is 92.4 Å². The summed E-state index contributed by atoms with van der Waals surface area (Å²) in [6.45, 7) is 3.00. The Balaban J connectivity index is 1.34. The van der Waals surface area contributed by atoms with Crippen molar-refractivity contribution in [3.63, 3.8) is 0 Å². The average Bonchev–Trinajstić information content (AvgIpc) is 3.41. The molecule has 2 aromatic carbocycles. The number of hydrogen-bond donors (Lipinski definition) is 2. The van der Waals surface area contributed by atoms with Crippen molar-refractivity contribution in [1.29, 1.82) is 0 Å². The highest BCUT2D eigenvalue weighted by Crippen LogP contribution is 2.46. The number of halogens is 2. The first-order valence-corrected chi connectivity index (χ1v) is 14.2. The Kier molecular flexibility index (Phi) is 5.87. The summed E-state index contributed by atoms with van der Waals surface area (Å²) in [5, 5.41) is 4.52. The molecule has 1 saturated carbocycles. The standard InChI is InChI=1S/C28H31F2N7OS/c1-36(2)13-28(9-10-28)14-38-27-34-22-19(25(35-27)37-11-15-3-4-16(12-37)32-15)6-5-17(21(22)30)18-7-8-20(29)24-23(18)33-26(31)39-24/h5-8,15-16,32H,3-4,9-14H2,1-2H3,(H2,31,33). The Bertz CT molecular complexity index is 1580. The number of aromatic nitrogens is 3. The lowest BCUT2D eigenvalue weighted by Gasteiger charge is -2.34. The van der Waals surface area contributed by atoms with E-state index in [-0.39, 0.29) is 22.1 Å². The molecule has 4 aromatic rings. The van der Waals surface area contributed by atoms with Crippen LogP contribution in [0.2, 0.25) is 0 Å². The fraction of sp³-hybridized carbons (Fsp3) is 0.464. The number of nitrogen functional groups attached to an aromatic ring is 1. The van der Waals surface area contributed by atoms with E-state index >= 15 is 4.39 Å². The zero-order chi connectivity index (χ0) is 26.9. The third kappa shape index (κ3) is 4.46. The Morgan fingerprint density at radius 3 is 2.51 bits per heavy atom. The summed E-state index contributed by atoms with van der Waals surface area (Å²) in [5.74, 6) is -0.240. The number of fused-ring (bicyclic) bond motifs is 4. The highest BCUT2D eigenvalue weighted by atomic mass is 32.1. The maximum absolute atomic E-state index is 16.4. The van der Waals surface area contributed by atoms with Gasteiger partial charge in [0, 0.05) is 53.6 Å². The number of anilines is 2. The average molecular weight is 552 g/mol. The highest BCUT2D eigenvalue weighted by molar-refractivity contribution is 7.22. The molecule has 0 amide bonds. The molecule has 3 aliphatic rings. The van der Waals surface area contributed by atoms with Gasteiger partial charge >= 0.3 is 6.01 Å². The van der Waals surface area contributed by atoms with E-state index in [9.17, 15) is 4.39 Å². The van der Waals surface area contributed by atoms with E-state index in [1.54, 1.807) is 12.1 Å². The van der Waals surface area contributed by atoms with Crippen LogP contribution in [0.4, 0.5) is 19.7 Å². The van der Waals surface area contributed by atoms with Crippen molar-refractivity contribution in [2.24, 2.45) is 5.41 Å². The van der Waals surface area contributed by atoms with Gasteiger partial charge in [-0.15, -0.1) is 0 Å². The van der Waals surface area contributed by atoms with Gasteiger partial charge in [-0.25, -0.2) is 13.8 Å². The molecule has 7 rings (SSSR count). The van der Waals surface area contributed by atoms with Gasteiger partial charge in [0.15, 0.2) is 10.9 Å². The van der Waals surface area contributed by atoms with E-state index in [4.69, 9.17) is 15.5 Å². The number of nitrogens with zero attached hydrogens (tertiary/aromatic N) is 5. The first kappa shape index (κ1) is 24.9. The molecule has 11 heteroatoms. The molecule has 39 heavy (non-hydrogen) atoms. The minimum atomic E-state index is -0.506. The van der Waals surface area contributed by atoms with Crippen LogP contribution in [-0.2, 0) is 0 Å². The molecule has 4 heterocycles. The second-order valence-electron chi connectivity index (χ2n) is 11.5. The van der Waals surface area contributed by atoms with Crippen molar-refractivity contribution in [3.8, 4) is 17.1 Å². The Morgan fingerprint density at radius 2 is 1.79 bits per heavy atom. The third-order valence-electron chi connectivity index (χ3n) is 8.20. The molecule has 1 aliphatic carbocycles. The lowest BCUT2D eigenvalue weighted by Crippen LogP contribution is -2.51. The molecule has 2 bridgehead atoms. The number of ether oxygens (including phenoxy) is 1. The van der Waals surface area contributed by atoms with Crippen molar-refractivity contribution < 1.29 is 13.5 Å². The Labute approximate surface area is 229 Å². The van der Waals surface area contributed by atoms with Gasteiger partial charge in [0.1, 0.15) is 17.2 Å². The Hall–Kier alpha value is -3.15. The molecule has 2 atom stereocenters. The van der Waals surface area contributed by atoms with E-state index in [0.29, 0.717) is 51.2 Å². The molecule has 3 N–H and O–H groups in total. The first-order chi connectivity index (χ1) is 18.8. The molecule has 3 fully saturated rings. The van der Waals surface area contributed by atoms with Crippen molar-refractivity contribution in [2.75, 3.05) is 51.0 Å². The van der Waals surface area contributed by atoms with E-state index in [1.807, 2.05) is 6.07 Å². The molecule has 0 spiro atoms. The van der Waals surface area contributed by atoms with Gasteiger partial charge in [0.05, 0.1) is 16.8 Å². The maximum Gasteiger partial charge on any atom is 0.319 e. The monoisotopic (exact) mass is 551 g/mol.